The zero-order valence-electron chi connectivity index (χ0n) is 23.7. The topological polar surface area (TPSA) is 142 Å². The molecule has 0 saturated carbocycles. The van der Waals surface area contributed by atoms with Gasteiger partial charge in [-0.2, -0.15) is 0 Å². The molecule has 2 heterocycles. The largest absolute Gasteiger partial charge is 0.444 e. The van der Waals surface area contributed by atoms with E-state index in [2.05, 4.69) is 16.0 Å². The molecule has 0 bridgehead atoms. The number of morpholine rings is 1. The number of amides is 3. The van der Waals surface area contributed by atoms with Gasteiger partial charge in [-0.05, 0) is 63.2 Å². The average molecular weight is 568 g/mol. The number of para-hydroxylation sites is 1. The van der Waals surface area contributed by atoms with E-state index in [9.17, 15) is 9.59 Å². The normalized spacial score (nSPS) is 13.4. The zero-order chi connectivity index (χ0) is 29.7. The van der Waals surface area contributed by atoms with E-state index in [1.807, 2.05) is 48.5 Å². The number of nitrogens with zero attached hydrogens (tertiary/aromatic N) is 3. The Labute approximate surface area is 243 Å². The van der Waals surface area contributed by atoms with Gasteiger partial charge in [0.2, 0.25) is 0 Å². The highest BCUT2D eigenvalue weighted by Crippen LogP contribution is 2.30. The molecule has 5 rings (SSSR count). The van der Waals surface area contributed by atoms with E-state index < -0.39 is 11.7 Å². The maximum Gasteiger partial charge on any atom is 0.412 e. The summed E-state index contributed by atoms with van der Waals surface area (Å²) in [5.74, 6) is 1.05. The van der Waals surface area contributed by atoms with E-state index >= 15 is 0 Å². The first-order valence-corrected chi connectivity index (χ1v) is 13.6. The van der Waals surface area contributed by atoms with Crippen molar-refractivity contribution in [3.05, 3.63) is 72.3 Å². The first-order chi connectivity index (χ1) is 20.2. The maximum absolute atomic E-state index is 12.7. The summed E-state index contributed by atoms with van der Waals surface area (Å²) in [5.41, 5.74) is 3.09. The third kappa shape index (κ3) is 6.99. The van der Waals surface area contributed by atoms with Crippen LogP contribution < -0.4 is 16.0 Å². The zero-order valence-corrected chi connectivity index (χ0v) is 23.7. The summed E-state index contributed by atoms with van der Waals surface area (Å²) in [6.07, 6.45) is 0.569. The number of fused-ring (bicyclic) bond motifs is 1. The van der Waals surface area contributed by atoms with Gasteiger partial charge in [0.15, 0.2) is 5.82 Å². The molecule has 216 valence electrons. The Bertz CT molecular complexity index is 1630. The lowest BCUT2D eigenvalue weighted by Crippen LogP contribution is -2.43. The number of anilines is 4. The third-order valence-electron chi connectivity index (χ3n) is 6.38. The van der Waals surface area contributed by atoms with Crippen molar-refractivity contribution in [2.24, 2.45) is 0 Å². The Morgan fingerprint density at radius 2 is 1.74 bits per heavy atom. The van der Waals surface area contributed by atoms with E-state index in [0.717, 1.165) is 22.7 Å². The van der Waals surface area contributed by atoms with Crippen LogP contribution in [0.15, 0.2) is 66.7 Å². The van der Waals surface area contributed by atoms with Gasteiger partial charge in [0, 0.05) is 47.2 Å². The summed E-state index contributed by atoms with van der Waals surface area (Å²) in [7, 11) is 0. The molecule has 0 unspecified atom stereocenters. The minimum atomic E-state index is -0.643. The fourth-order valence-electron chi connectivity index (χ4n) is 4.43. The summed E-state index contributed by atoms with van der Waals surface area (Å²) >= 11 is 0. The van der Waals surface area contributed by atoms with E-state index in [1.54, 1.807) is 43.9 Å². The van der Waals surface area contributed by atoms with Crippen LogP contribution in [-0.2, 0) is 9.47 Å². The van der Waals surface area contributed by atoms with Crippen LogP contribution in [0.4, 0.5) is 32.5 Å². The SMILES string of the molecule is CC(C)(C)OC(=O)Nc1ccc(Nc2nc(-c3cccc(NC(=O)N4CCOCC4)c3)nc3ccccc23)cc1C=N. The van der Waals surface area contributed by atoms with Gasteiger partial charge in [0.25, 0.3) is 0 Å². The summed E-state index contributed by atoms with van der Waals surface area (Å²) < 4.78 is 10.7. The second-order valence-electron chi connectivity index (χ2n) is 10.7. The van der Waals surface area contributed by atoms with Gasteiger partial charge in [-0.15, -0.1) is 0 Å². The minimum absolute atomic E-state index is 0.177. The van der Waals surface area contributed by atoms with E-state index in [1.165, 1.54) is 0 Å². The molecule has 42 heavy (non-hydrogen) atoms. The summed E-state index contributed by atoms with van der Waals surface area (Å²) in [5, 5.41) is 17.7. The predicted octanol–water partition coefficient (Wildman–Crippen LogP) is 6.25. The van der Waals surface area contributed by atoms with Gasteiger partial charge >= 0.3 is 12.1 Å². The second kappa shape index (κ2) is 12.2. The predicted molar refractivity (Wildman–Crippen MR) is 164 cm³/mol. The fourth-order valence-corrected chi connectivity index (χ4v) is 4.43. The molecule has 3 aromatic carbocycles. The standard InChI is InChI=1S/C31H33N7O4/c1-31(2,3)42-30(40)36-25-12-11-23(18-21(25)19-32)33-28-24-9-4-5-10-26(24)35-27(37-28)20-7-6-8-22(17-20)34-29(39)38-13-15-41-16-14-38/h4-12,17-19,32H,13-16H2,1-3H3,(H,34,39)(H,36,40)(H,33,35,37). The third-order valence-corrected chi connectivity index (χ3v) is 6.38. The number of carbonyl (C=O) groups excluding carboxylic acids is 2. The molecule has 1 aliphatic rings. The smallest absolute Gasteiger partial charge is 0.412 e. The molecule has 0 radical (unpaired) electrons. The van der Waals surface area contributed by atoms with Crippen LogP contribution in [0, 0.1) is 5.41 Å². The Hall–Kier alpha value is -5.03. The molecule has 4 aromatic rings. The fraction of sp³-hybridized carbons (Fsp3) is 0.258. The maximum atomic E-state index is 12.7. The van der Waals surface area contributed by atoms with Crippen molar-refractivity contribution >= 4 is 52.1 Å². The molecule has 1 aliphatic heterocycles. The monoisotopic (exact) mass is 567 g/mol. The van der Waals surface area contributed by atoms with Crippen LogP contribution >= 0.6 is 0 Å². The lowest BCUT2D eigenvalue weighted by atomic mass is 10.1. The quantitative estimate of drug-likeness (QED) is 0.202. The van der Waals surface area contributed by atoms with Crippen molar-refractivity contribution in [2.45, 2.75) is 26.4 Å². The number of nitrogens with one attached hydrogen (secondary N) is 4. The van der Waals surface area contributed by atoms with E-state index in [-0.39, 0.29) is 6.03 Å². The Morgan fingerprint density at radius 1 is 0.952 bits per heavy atom. The molecule has 11 heteroatoms. The van der Waals surface area contributed by atoms with Crippen molar-refractivity contribution < 1.29 is 19.1 Å². The van der Waals surface area contributed by atoms with Crippen molar-refractivity contribution in [3.8, 4) is 11.4 Å². The number of benzene rings is 3. The Morgan fingerprint density at radius 3 is 2.50 bits per heavy atom. The molecule has 1 saturated heterocycles. The molecular formula is C31H33N7O4. The van der Waals surface area contributed by atoms with Gasteiger partial charge in [0.05, 0.1) is 24.4 Å². The molecule has 4 N–H and O–H groups in total. The molecule has 1 aromatic heterocycles. The molecule has 0 spiro atoms. The van der Waals surface area contributed by atoms with Crippen LogP contribution in [-0.4, -0.2) is 65.1 Å². The number of aromatic nitrogens is 2. The highest BCUT2D eigenvalue weighted by molar-refractivity contribution is 5.97. The highest BCUT2D eigenvalue weighted by atomic mass is 16.6. The van der Waals surface area contributed by atoms with Crippen LogP contribution in [0.3, 0.4) is 0 Å². The van der Waals surface area contributed by atoms with Crippen molar-refractivity contribution in [1.82, 2.24) is 14.9 Å². The number of hydrogen-bond donors (Lipinski definition) is 4. The second-order valence-corrected chi connectivity index (χ2v) is 10.7. The Kier molecular flexibility index (Phi) is 8.30. The highest BCUT2D eigenvalue weighted by Gasteiger charge is 2.19. The van der Waals surface area contributed by atoms with Gasteiger partial charge in [-0.3, -0.25) is 5.32 Å². The van der Waals surface area contributed by atoms with Crippen molar-refractivity contribution in [3.63, 3.8) is 0 Å². The lowest BCUT2D eigenvalue weighted by Gasteiger charge is -2.27. The molecule has 0 atom stereocenters. The molecule has 11 nitrogen and oxygen atoms in total. The summed E-state index contributed by atoms with van der Waals surface area (Å²) in [6, 6.07) is 20.1. The first kappa shape index (κ1) is 28.5. The molecule has 0 aliphatic carbocycles. The number of urea groups is 1. The lowest BCUT2D eigenvalue weighted by molar-refractivity contribution is 0.0564. The van der Waals surface area contributed by atoms with Gasteiger partial charge in [-0.1, -0.05) is 24.3 Å². The minimum Gasteiger partial charge on any atom is -0.444 e. The van der Waals surface area contributed by atoms with E-state index in [0.29, 0.717) is 60.6 Å². The summed E-state index contributed by atoms with van der Waals surface area (Å²) in [4.78, 5) is 36.3. The number of hydrogen-bond acceptors (Lipinski definition) is 8. The van der Waals surface area contributed by atoms with Crippen LogP contribution in [0.1, 0.15) is 26.3 Å². The average Bonchev–Trinajstić information content (AvgIpc) is 2.97. The molecule has 3 amide bonds. The van der Waals surface area contributed by atoms with Crippen LogP contribution in [0.2, 0.25) is 0 Å². The van der Waals surface area contributed by atoms with E-state index in [4.69, 9.17) is 24.9 Å². The number of ether oxygens (including phenoxy) is 2. The van der Waals surface area contributed by atoms with Crippen molar-refractivity contribution in [2.75, 3.05) is 42.3 Å². The van der Waals surface area contributed by atoms with Gasteiger partial charge in [-0.25, -0.2) is 19.6 Å². The number of carbonyl (C=O) groups is 2. The van der Waals surface area contributed by atoms with Gasteiger partial charge in [0.1, 0.15) is 11.4 Å². The molecule has 1 fully saturated rings. The van der Waals surface area contributed by atoms with Gasteiger partial charge < -0.3 is 30.4 Å². The number of rotatable bonds is 6. The first-order valence-electron chi connectivity index (χ1n) is 13.6. The molecular weight excluding hydrogens is 534 g/mol. The van der Waals surface area contributed by atoms with Crippen LogP contribution in [0.25, 0.3) is 22.3 Å². The van der Waals surface area contributed by atoms with Crippen LogP contribution in [0.5, 0.6) is 0 Å². The summed E-state index contributed by atoms with van der Waals surface area (Å²) in [6.45, 7) is 7.51. The Balaban J connectivity index is 1.41. The van der Waals surface area contributed by atoms with Crippen molar-refractivity contribution in [1.29, 1.82) is 5.41 Å².